The molecule has 0 aliphatic carbocycles. The summed E-state index contributed by atoms with van der Waals surface area (Å²) in [5, 5.41) is 7.01. The summed E-state index contributed by atoms with van der Waals surface area (Å²) in [6, 6.07) is 52.8. The maximum Gasteiger partial charge on any atom is 0.238 e. The van der Waals surface area contributed by atoms with Gasteiger partial charge in [-0.15, -0.1) is 11.3 Å². The minimum atomic E-state index is 0.572. The lowest BCUT2D eigenvalue weighted by atomic mass is 10.1. The lowest BCUT2D eigenvalue weighted by molar-refractivity contribution is 0.953. The molecule has 6 nitrogen and oxygen atoms in total. The fourth-order valence-electron chi connectivity index (χ4n) is 7.67. The van der Waals surface area contributed by atoms with E-state index in [-0.39, 0.29) is 0 Å². The first kappa shape index (κ1) is 28.2. The van der Waals surface area contributed by atoms with Crippen molar-refractivity contribution in [2.24, 2.45) is 0 Å². The average Bonchev–Trinajstić information content (AvgIpc) is 3.86. The van der Waals surface area contributed by atoms with Gasteiger partial charge in [0.25, 0.3) is 0 Å². The summed E-state index contributed by atoms with van der Waals surface area (Å²) >= 11 is 1.82. The standard InChI is InChI=1S/C44H26N6S/c1-2-13-27(14-3-1)41-46-42(32-17-6-10-22-36(32)49-34-20-8-5-16-29(34)31-19-12-26-45-43(31)49)48-44(47-41)50-35-21-9-4-15-28(35)30-24-25-38-39(40(30)50)33-18-7-11-23-37(33)51-38/h1-26H. The minimum Gasteiger partial charge on any atom is -0.293 e. The first-order valence-corrected chi connectivity index (χ1v) is 17.7. The van der Waals surface area contributed by atoms with E-state index in [9.17, 15) is 0 Å². The predicted octanol–water partition coefficient (Wildman–Crippen LogP) is 11.2. The molecule has 0 saturated carbocycles. The van der Waals surface area contributed by atoms with Crippen LogP contribution in [0, 0.1) is 0 Å². The van der Waals surface area contributed by atoms with E-state index < -0.39 is 0 Å². The van der Waals surface area contributed by atoms with E-state index in [1.54, 1.807) is 0 Å². The van der Waals surface area contributed by atoms with Gasteiger partial charge in [0.05, 0.1) is 22.2 Å². The third-order valence-corrected chi connectivity index (χ3v) is 11.0. The number of thiophene rings is 1. The minimum absolute atomic E-state index is 0.572. The van der Waals surface area contributed by atoms with Gasteiger partial charge < -0.3 is 0 Å². The van der Waals surface area contributed by atoms with Gasteiger partial charge in [-0.05, 0) is 48.5 Å². The normalized spacial score (nSPS) is 11.9. The molecular weight excluding hydrogens is 645 g/mol. The molecule has 51 heavy (non-hydrogen) atoms. The van der Waals surface area contributed by atoms with Gasteiger partial charge in [0, 0.05) is 59.0 Å². The van der Waals surface area contributed by atoms with Gasteiger partial charge in [-0.2, -0.15) is 9.97 Å². The van der Waals surface area contributed by atoms with Crippen LogP contribution < -0.4 is 0 Å². The molecule has 11 rings (SSSR count). The summed E-state index contributed by atoms with van der Waals surface area (Å²) < 4.78 is 6.96. The second kappa shape index (κ2) is 10.9. The Hall–Kier alpha value is -6.70. The number of hydrogen-bond donors (Lipinski definition) is 0. The van der Waals surface area contributed by atoms with Crippen LogP contribution in [0.1, 0.15) is 0 Å². The summed E-state index contributed by atoms with van der Waals surface area (Å²) in [6.45, 7) is 0. The van der Waals surface area contributed by atoms with E-state index in [2.05, 4.69) is 130 Å². The zero-order chi connectivity index (χ0) is 33.5. The summed E-state index contributed by atoms with van der Waals surface area (Å²) in [6.07, 6.45) is 1.85. The van der Waals surface area contributed by atoms with E-state index in [0.717, 1.165) is 55.2 Å². The van der Waals surface area contributed by atoms with Crippen molar-refractivity contribution in [2.75, 3.05) is 0 Å². The van der Waals surface area contributed by atoms with E-state index in [4.69, 9.17) is 19.9 Å². The molecule has 0 unspecified atom stereocenters. The molecule has 0 saturated heterocycles. The molecule has 11 aromatic rings. The van der Waals surface area contributed by atoms with Crippen LogP contribution in [0.25, 0.3) is 98.3 Å². The number of pyridine rings is 1. The number of nitrogens with zero attached hydrogens (tertiary/aromatic N) is 6. The molecule has 0 radical (unpaired) electrons. The van der Waals surface area contributed by atoms with Crippen molar-refractivity contribution >= 4 is 75.3 Å². The van der Waals surface area contributed by atoms with Crippen molar-refractivity contribution in [3.63, 3.8) is 0 Å². The highest BCUT2D eigenvalue weighted by Crippen LogP contribution is 2.43. The molecule has 0 bridgehead atoms. The van der Waals surface area contributed by atoms with E-state index in [1.807, 2.05) is 47.9 Å². The van der Waals surface area contributed by atoms with Gasteiger partial charge in [0.15, 0.2) is 11.6 Å². The monoisotopic (exact) mass is 670 g/mol. The topological polar surface area (TPSA) is 61.4 Å². The van der Waals surface area contributed by atoms with E-state index in [0.29, 0.717) is 17.6 Å². The predicted molar refractivity (Wildman–Crippen MR) is 210 cm³/mol. The van der Waals surface area contributed by atoms with Gasteiger partial charge in [-0.3, -0.25) is 9.13 Å². The smallest absolute Gasteiger partial charge is 0.238 e. The van der Waals surface area contributed by atoms with Crippen LogP contribution >= 0.6 is 11.3 Å². The van der Waals surface area contributed by atoms with Crippen molar-refractivity contribution in [3.8, 4) is 34.4 Å². The SMILES string of the molecule is c1ccc(-c2nc(-c3ccccc3-n3c4ccccc4c4cccnc43)nc(-n3c4ccccc4c4ccc5sc6ccccc6c5c43)n2)cc1. The number of benzene rings is 6. The second-order valence-electron chi connectivity index (χ2n) is 12.7. The van der Waals surface area contributed by atoms with Crippen LogP contribution in [-0.2, 0) is 0 Å². The van der Waals surface area contributed by atoms with Crippen LogP contribution in [0.15, 0.2) is 158 Å². The largest absolute Gasteiger partial charge is 0.293 e. The molecule has 0 fully saturated rings. The Bertz CT molecular complexity index is 3100. The quantitative estimate of drug-likeness (QED) is 0.187. The molecule has 5 aromatic heterocycles. The molecule has 0 N–H and O–H groups in total. The zero-order valence-corrected chi connectivity index (χ0v) is 27.9. The molecule has 0 spiro atoms. The summed E-state index contributed by atoms with van der Waals surface area (Å²) in [5.74, 6) is 1.77. The van der Waals surface area contributed by atoms with Crippen LogP contribution in [-0.4, -0.2) is 29.1 Å². The lowest BCUT2D eigenvalue weighted by Crippen LogP contribution is -2.08. The molecule has 0 aliphatic rings. The van der Waals surface area contributed by atoms with Crippen molar-refractivity contribution < 1.29 is 0 Å². The molecule has 7 heteroatoms. The summed E-state index contributed by atoms with van der Waals surface area (Å²) in [7, 11) is 0. The van der Waals surface area contributed by atoms with Crippen LogP contribution in [0.2, 0.25) is 0 Å². The summed E-state index contributed by atoms with van der Waals surface area (Å²) in [4.78, 5) is 20.7. The highest BCUT2D eigenvalue weighted by molar-refractivity contribution is 7.26. The van der Waals surface area contributed by atoms with Gasteiger partial charge in [0.2, 0.25) is 5.95 Å². The molecular formula is C44H26N6S. The van der Waals surface area contributed by atoms with Crippen LogP contribution in [0.3, 0.4) is 0 Å². The molecule has 5 heterocycles. The second-order valence-corrected chi connectivity index (χ2v) is 13.8. The average molecular weight is 671 g/mol. The third kappa shape index (κ3) is 4.16. The molecule has 6 aromatic carbocycles. The van der Waals surface area contributed by atoms with Crippen molar-refractivity contribution in [3.05, 3.63) is 158 Å². The summed E-state index contributed by atoms with van der Waals surface area (Å²) in [5.41, 5.74) is 6.87. The lowest BCUT2D eigenvalue weighted by Gasteiger charge is -2.15. The maximum absolute atomic E-state index is 5.38. The maximum atomic E-state index is 5.38. The Balaban J connectivity index is 1.26. The van der Waals surface area contributed by atoms with E-state index in [1.165, 1.54) is 25.6 Å². The fourth-order valence-corrected chi connectivity index (χ4v) is 8.78. The van der Waals surface area contributed by atoms with Crippen LogP contribution in [0.4, 0.5) is 0 Å². The highest BCUT2D eigenvalue weighted by Gasteiger charge is 2.23. The molecule has 0 atom stereocenters. The first-order valence-electron chi connectivity index (χ1n) is 16.9. The Morgan fingerprint density at radius 2 is 1.12 bits per heavy atom. The Morgan fingerprint density at radius 3 is 1.98 bits per heavy atom. The highest BCUT2D eigenvalue weighted by atomic mass is 32.1. The fraction of sp³-hybridized carbons (Fsp3) is 0. The first-order chi connectivity index (χ1) is 25.3. The van der Waals surface area contributed by atoms with Crippen LogP contribution in [0.5, 0.6) is 0 Å². The third-order valence-electron chi connectivity index (χ3n) is 9.85. The molecule has 0 aliphatic heterocycles. The number of hydrogen-bond acceptors (Lipinski definition) is 5. The van der Waals surface area contributed by atoms with Crippen molar-refractivity contribution in [2.45, 2.75) is 0 Å². The van der Waals surface area contributed by atoms with Gasteiger partial charge >= 0.3 is 0 Å². The van der Waals surface area contributed by atoms with Gasteiger partial charge in [0.1, 0.15) is 5.65 Å². The zero-order valence-electron chi connectivity index (χ0n) is 27.1. The molecule has 0 amide bonds. The number of para-hydroxylation sites is 3. The van der Waals surface area contributed by atoms with Gasteiger partial charge in [-0.25, -0.2) is 9.97 Å². The van der Waals surface area contributed by atoms with Gasteiger partial charge in [-0.1, -0.05) is 103 Å². The van der Waals surface area contributed by atoms with Crippen molar-refractivity contribution in [1.82, 2.24) is 29.1 Å². The number of rotatable bonds is 4. The van der Waals surface area contributed by atoms with Crippen molar-refractivity contribution in [1.29, 1.82) is 0 Å². The molecule has 238 valence electrons. The Labute approximate surface area is 295 Å². The Morgan fingerprint density at radius 1 is 0.451 bits per heavy atom. The van der Waals surface area contributed by atoms with E-state index >= 15 is 0 Å². The number of fused-ring (bicyclic) bond motifs is 10. The Kier molecular flexibility index (Phi) is 6.02. The number of aromatic nitrogens is 6.